The minimum atomic E-state index is -3.55. The van der Waals surface area contributed by atoms with Crippen LogP contribution >= 0.6 is 10.7 Å². The van der Waals surface area contributed by atoms with E-state index in [0.29, 0.717) is 0 Å². The van der Waals surface area contributed by atoms with Gasteiger partial charge in [0.25, 0.3) is 9.05 Å². The van der Waals surface area contributed by atoms with E-state index in [9.17, 15) is 8.42 Å². The molecular formula is C11H17ClO3S. The predicted octanol–water partition coefficient (Wildman–Crippen LogP) is 2.97. The zero-order valence-electron chi connectivity index (χ0n) is 9.73. The largest absolute Gasteiger partial charge is 0.382 e. The summed E-state index contributed by atoms with van der Waals surface area (Å²) < 4.78 is 26.3. The molecule has 0 atom stereocenters. The number of rotatable bonds is 3. The fourth-order valence-electron chi connectivity index (χ4n) is 0.905. The van der Waals surface area contributed by atoms with Gasteiger partial charge in [0.2, 0.25) is 0 Å². The highest BCUT2D eigenvalue weighted by Gasteiger charge is 2.07. The van der Waals surface area contributed by atoms with E-state index < -0.39 is 9.05 Å². The Kier molecular flexibility index (Phi) is 7.38. The molecule has 92 valence electrons. The third kappa shape index (κ3) is 6.82. The molecule has 0 aromatic heterocycles. The third-order valence-electron chi connectivity index (χ3n) is 1.71. The summed E-state index contributed by atoms with van der Waals surface area (Å²) in [5.74, 6) is 0. The molecule has 0 bridgehead atoms. The number of hydrogen-bond acceptors (Lipinski definition) is 3. The van der Waals surface area contributed by atoms with Crippen molar-refractivity contribution >= 4 is 19.7 Å². The van der Waals surface area contributed by atoms with E-state index in [4.69, 9.17) is 15.4 Å². The monoisotopic (exact) mass is 264 g/mol. The molecule has 0 aliphatic heterocycles. The van der Waals surface area contributed by atoms with Crippen molar-refractivity contribution in [2.24, 2.45) is 0 Å². The van der Waals surface area contributed by atoms with E-state index in [1.165, 1.54) is 12.1 Å². The van der Waals surface area contributed by atoms with Crippen LogP contribution in [0.5, 0.6) is 0 Å². The average molecular weight is 265 g/mol. The fraction of sp³-hybridized carbons (Fsp3) is 0.455. The first-order valence-corrected chi connectivity index (χ1v) is 7.31. The molecule has 3 nitrogen and oxygen atoms in total. The van der Waals surface area contributed by atoms with Gasteiger partial charge in [-0.2, -0.15) is 0 Å². The second-order valence-corrected chi connectivity index (χ2v) is 5.60. The Balaban J connectivity index is 0.000000385. The summed E-state index contributed by atoms with van der Waals surface area (Å²) in [4.78, 5) is 0.143. The Labute approximate surface area is 102 Å². The van der Waals surface area contributed by atoms with E-state index in [1.807, 2.05) is 20.8 Å². The van der Waals surface area contributed by atoms with Crippen LogP contribution < -0.4 is 0 Å². The summed E-state index contributed by atoms with van der Waals surface area (Å²) in [6.45, 7) is 7.55. The lowest BCUT2D eigenvalue weighted by Crippen LogP contribution is -1.89. The van der Waals surface area contributed by atoms with Crippen molar-refractivity contribution in [3.63, 3.8) is 0 Å². The lowest BCUT2D eigenvalue weighted by molar-refractivity contribution is 0.162. The smallest absolute Gasteiger partial charge is 0.261 e. The zero-order chi connectivity index (χ0) is 12.6. The molecule has 5 heteroatoms. The molecule has 0 N–H and O–H groups in total. The Morgan fingerprint density at radius 2 is 1.56 bits per heavy atom. The van der Waals surface area contributed by atoms with Crippen molar-refractivity contribution < 1.29 is 13.2 Å². The van der Waals surface area contributed by atoms with Crippen LogP contribution in [0, 0.1) is 6.92 Å². The number of benzene rings is 1. The molecule has 0 heterocycles. The molecule has 0 spiro atoms. The van der Waals surface area contributed by atoms with Crippen molar-refractivity contribution in [1.82, 2.24) is 0 Å². The molecule has 1 aromatic carbocycles. The summed E-state index contributed by atoms with van der Waals surface area (Å²) in [6.07, 6.45) is 0. The molecular weight excluding hydrogens is 248 g/mol. The Morgan fingerprint density at radius 3 is 1.81 bits per heavy atom. The maximum absolute atomic E-state index is 10.7. The van der Waals surface area contributed by atoms with Crippen LogP contribution in [0.3, 0.4) is 0 Å². The van der Waals surface area contributed by atoms with Gasteiger partial charge < -0.3 is 4.74 Å². The zero-order valence-corrected chi connectivity index (χ0v) is 11.3. The van der Waals surface area contributed by atoms with Crippen molar-refractivity contribution in [1.29, 1.82) is 0 Å². The molecule has 0 amide bonds. The van der Waals surface area contributed by atoms with Crippen LogP contribution in [0.25, 0.3) is 0 Å². The van der Waals surface area contributed by atoms with Gasteiger partial charge in [0.1, 0.15) is 0 Å². The minimum Gasteiger partial charge on any atom is -0.382 e. The van der Waals surface area contributed by atoms with Gasteiger partial charge >= 0.3 is 0 Å². The first-order valence-electron chi connectivity index (χ1n) is 5.00. The molecule has 0 aliphatic carbocycles. The molecule has 0 saturated heterocycles. The molecule has 1 rings (SSSR count). The number of hydrogen-bond donors (Lipinski definition) is 0. The maximum atomic E-state index is 10.7. The molecule has 0 aliphatic rings. The first-order chi connectivity index (χ1) is 7.41. The number of aryl methyl sites for hydroxylation is 1. The number of ether oxygens (including phenoxy) is 1. The summed E-state index contributed by atoms with van der Waals surface area (Å²) >= 11 is 0. The van der Waals surface area contributed by atoms with Crippen molar-refractivity contribution in [2.75, 3.05) is 13.2 Å². The lowest BCUT2D eigenvalue weighted by Gasteiger charge is -1.94. The number of halogens is 1. The summed E-state index contributed by atoms with van der Waals surface area (Å²) in [6, 6.07) is 6.37. The Morgan fingerprint density at radius 1 is 1.12 bits per heavy atom. The highest BCUT2D eigenvalue weighted by atomic mass is 35.7. The average Bonchev–Trinajstić information content (AvgIpc) is 2.19. The van der Waals surface area contributed by atoms with E-state index in [0.717, 1.165) is 18.8 Å². The maximum Gasteiger partial charge on any atom is 0.261 e. The van der Waals surface area contributed by atoms with E-state index >= 15 is 0 Å². The van der Waals surface area contributed by atoms with Gasteiger partial charge in [-0.1, -0.05) is 17.7 Å². The quantitative estimate of drug-likeness (QED) is 0.789. The fourth-order valence-corrected chi connectivity index (χ4v) is 1.67. The van der Waals surface area contributed by atoms with Gasteiger partial charge in [0, 0.05) is 23.9 Å². The van der Waals surface area contributed by atoms with Crippen LogP contribution in [0.15, 0.2) is 29.2 Å². The summed E-state index contributed by atoms with van der Waals surface area (Å²) in [5.41, 5.74) is 1.01. The van der Waals surface area contributed by atoms with Crippen LogP contribution in [0.1, 0.15) is 19.4 Å². The standard InChI is InChI=1S/C7H7ClO2S.C4H10O/c1-6-2-4-7(5-3-6)11(8,9)10;1-3-5-4-2/h2-5H,1H3;3-4H2,1-2H3. The summed E-state index contributed by atoms with van der Waals surface area (Å²) in [5, 5.41) is 0. The van der Waals surface area contributed by atoms with Gasteiger partial charge in [0.05, 0.1) is 4.90 Å². The third-order valence-corrected chi connectivity index (χ3v) is 3.08. The lowest BCUT2D eigenvalue weighted by atomic mass is 10.2. The Bertz CT molecular complexity index is 382. The van der Waals surface area contributed by atoms with E-state index in [1.54, 1.807) is 12.1 Å². The molecule has 0 fully saturated rings. The van der Waals surface area contributed by atoms with Crippen molar-refractivity contribution in [3.05, 3.63) is 29.8 Å². The normalized spacial score (nSPS) is 10.5. The highest BCUT2D eigenvalue weighted by molar-refractivity contribution is 8.13. The predicted molar refractivity (Wildman–Crippen MR) is 66.4 cm³/mol. The van der Waals surface area contributed by atoms with Gasteiger partial charge in [-0.15, -0.1) is 0 Å². The Hall–Kier alpha value is -0.580. The van der Waals surface area contributed by atoms with Gasteiger partial charge in [-0.05, 0) is 32.9 Å². The van der Waals surface area contributed by atoms with E-state index in [2.05, 4.69) is 0 Å². The SMILES string of the molecule is CCOCC.Cc1ccc(S(=O)(=O)Cl)cc1. The van der Waals surface area contributed by atoms with E-state index in [-0.39, 0.29) is 4.90 Å². The second-order valence-electron chi connectivity index (χ2n) is 3.03. The highest BCUT2D eigenvalue weighted by Crippen LogP contribution is 2.14. The van der Waals surface area contributed by atoms with Gasteiger partial charge in [0.15, 0.2) is 0 Å². The van der Waals surface area contributed by atoms with Crippen LogP contribution in [0.4, 0.5) is 0 Å². The van der Waals surface area contributed by atoms with Crippen molar-refractivity contribution in [3.8, 4) is 0 Å². The topological polar surface area (TPSA) is 43.4 Å². The summed E-state index contributed by atoms with van der Waals surface area (Å²) in [7, 11) is 1.54. The van der Waals surface area contributed by atoms with Crippen LogP contribution in [0.2, 0.25) is 0 Å². The molecule has 1 aromatic rings. The molecule has 16 heavy (non-hydrogen) atoms. The molecule has 0 unspecified atom stereocenters. The van der Waals surface area contributed by atoms with Crippen LogP contribution in [-0.4, -0.2) is 21.6 Å². The van der Waals surface area contributed by atoms with Crippen molar-refractivity contribution in [2.45, 2.75) is 25.7 Å². The second kappa shape index (κ2) is 7.65. The van der Waals surface area contributed by atoms with Gasteiger partial charge in [-0.25, -0.2) is 8.42 Å². The minimum absolute atomic E-state index is 0.143. The molecule has 0 saturated carbocycles. The molecule has 0 radical (unpaired) electrons. The van der Waals surface area contributed by atoms with Gasteiger partial charge in [-0.3, -0.25) is 0 Å². The first kappa shape index (κ1) is 15.4. The van der Waals surface area contributed by atoms with Crippen LogP contribution in [-0.2, 0) is 13.8 Å².